The van der Waals surface area contributed by atoms with E-state index in [1.165, 1.54) is 6.21 Å². The van der Waals surface area contributed by atoms with Crippen LogP contribution in [0.5, 0.6) is 5.75 Å². The molecule has 28 heavy (non-hydrogen) atoms. The summed E-state index contributed by atoms with van der Waals surface area (Å²) in [5, 5.41) is 15.0. The number of phenolic OH excluding ortho intramolecular Hbond substituents is 1. The minimum atomic E-state index is -0.670. The van der Waals surface area contributed by atoms with Crippen molar-refractivity contribution in [3.63, 3.8) is 0 Å². The van der Waals surface area contributed by atoms with Gasteiger partial charge in [-0.1, -0.05) is 34.1 Å². The van der Waals surface area contributed by atoms with Gasteiger partial charge in [0, 0.05) is 20.9 Å². The van der Waals surface area contributed by atoms with Crippen molar-refractivity contribution in [2.45, 2.75) is 6.42 Å². The number of para-hydroxylation sites is 1. The zero-order valence-electron chi connectivity index (χ0n) is 14.6. The highest BCUT2D eigenvalue weighted by Crippen LogP contribution is 2.24. The van der Waals surface area contributed by atoms with Crippen molar-refractivity contribution in [3.8, 4) is 5.75 Å². The summed E-state index contributed by atoms with van der Waals surface area (Å²) < 4.78 is 1.56. The summed E-state index contributed by atoms with van der Waals surface area (Å²) in [6.45, 7) is 3.65. The third kappa shape index (κ3) is 2.97. The first-order valence-corrected chi connectivity index (χ1v) is 9.21. The number of nitrogens with one attached hydrogen (secondary N) is 2. The average molecular weight is 439 g/mol. The monoisotopic (exact) mass is 438 g/mol. The molecule has 0 saturated heterocycles. The lowest BCUT2D eigenvalue weighted by Gasteiger charge is -2.04. The summed E-state index contributed by atoms with van der Waals surface area (Å²) in [5.74, 6) is 0.0344. The van der Waals surface area contributed by atoms with E-state index < -0.39 is 11.2 Å². The molecule has 2 heterocycles. The van der Waals surface area contributed by atoms with Gasteiger partial charge >= 0.3 is 11.2 Å². The molecule has 8 heteroatoms. The van der Waals surface area contributed by atoms with Crippen molar-refractivity contribution in [2.24, 2.45) is 5.10 Å². The van der Waals surface area contributed by atoms with Gasteiger partial charge in [0.05, 0.1) is 11.7 Å². The lowest BCUT2D eigenvalue weighted by molar-refractivity contribution is 0.469. The number of allylic oxidation sites excluding steroid dienone is 1. The molecule has 7 nitrogen and oxygen atoms in total. The predicted octanol–water partition coefficient (Wildman–Crippen LogP) is 3.25. The Morgan fingerprint density at radius 3 is 2.79 bits per heavy atom. The van der Waals surface area contributed by atoms with E-state index in [0.717, 1.165) is 20.1 Å². The fourth-order valence-corrected chi connectivity index (χ4v) is 3.43. The topological polar surface area (TPSA) is 103 Å². The fourth-order valence-electron chi connectivity index (χ4n) is 3.07. The first-order valence-electron chi connectivity index (χ1n) is 8.42. The Kier molecular flexibility index (Phi) is 4.48. The normalized spacial score (nSPS) is 11.6. The summed E-state index contributed by atoms with van der Waals surface area (Å²) in [6.07, 6.45) is 3.45. The maximum atomic E-state index is 12.8. The minimum absolute atomic E-state index is 0.0344. The van der Waals surface area contributed by atoms with Crippen molar-refractivity contribution in [2.75, 3.05) is 0 Å². The second-order valence-electron chi connectivity index (χ2n) is 6.20. The third-order valence-corrected chi connectivity index (χ3v) is 4.91. The second kappa shape index (κ2) is 6.97. The van der Waals surface area contributed by atoms with Crippen LogP contribution in [-0.2, 0) is 6.42 Å². The van der Waals surface area contributed by atoms with Gasteiger partial charge in [0.15, 0.2) is 0 Å². The van der Waals surface area contributed by atoms with Crippen molar-refractivity contribution in [1.82, 2.24) is 14.6 Å². The number of fused-ring (bicyclic) bond motifs is 3. The zero-order valence-corrected chi connectivity index (χ0v) is 16.2. The van der Waals surface area contributed by atoms with Crippen LogP contribution in [-0.4, -0.2) is 26.0 Å². The van der Waals surface area contributed by atoms with Gasteiger partial charge in [0.25, 0.3) is 0 Å². The molecule has 0 fully saturated rings. The van der Waals surface area contributed by atoms with E-state index in [1.54, 1.807) is 24.3 Å². The number of hydrogen-bond acceptors (Lipinski definition) is 4. The molecule has 0 aliphatic heterocycles. The van der Waals surface area contributed by atoms with Gasteiger partial charge in [-0.05, 0) is 36.2 Å². The molecule has 4 aromatic rings. The Bertz CT molecular complexity index is 1380. The van der Waals surface area contributed by atoms with Gasteiger partial charge in [-0.2, -0.15) is 5.10 Å². The summed E-state index contributed by atoms with van der Waals surface area (Å²) in [6, 6.07) is 10.6. The lowest BCUT2D eigenvalue weighted by Crippen LogP contribution is -2.32. The van der Waals surface area contributed by atoms with Crippen molar-refractivity contribution < 1.29 is 5.11 Å². The Morgan fingerprint density at radius 2 is 2.00 bits per heavy atom. The molecule has 2 aromatic carbocycles. The third-order valence-electron chi connectivity index (χ3n) is 4.42. The van der Waals surface area contributed by atoms with Crippen LogP contribution >= 0.6 is 15.9 Å². The minimum Gasteiger partial charge on any atom is -0.507 e. The van der Waals surface area contributed by atoms with E-state index in [0.29, 0.717) is 23.1 Å². The highest BCUT2D eigenvalue weighted by Gasteiger charge is 2.13. The van der Waals surface area contributed by atoms with E-state index in [4.69, 9.17) is 0 Å². The number of phenols is 1. The Morgan fingerprint density at radius 1 is 1.18 bits per heavy atom. The highest BCUT2D eigenvalue weighted by atomic mass is 79.9. The van der Waals surface area contributed by atoms with Crippen LogP contribution in [0.2, 0.25) is 0 Å². The summed E-state index contributed by atoms with van der Waals surface area (Å²) in [7, 11) is 0. The quantitative estimate of drug-likeness (QED) is 0.336. The molecule has 0 amide bonds. The van der Waals surface area contributed by atoms with Crippen LogP contribution in [0.25, 0.3) is 21.9 Å². The first-order chi connectivity index (χ1) is 13.5. The molecule has 4 rings (SSSR count). The van der Waals surface area contributed by atoms with Gasteiger partial charge in [-0.3, -0.25) is 4.79 Å². The Labute approximate surface area is 166 Å². The molecule has 0 atom stereocenters. The van der Waals surface area contributed by atoms with Gasteiger partial charge in [-0.15, -0.1) is 11.3 Å². The predicted molar refractivity (Wildman–Crippen MR) is 113 cm³/mol. The molecule has 140 valence electrons. The number of nitrogens with zero attached hydrogens (tertiary/aromatic N) is 2. The molecule has 2 aromatic heterocycles. The van der Waals surface area contributed by atoms with E-state index in [1.807, 2.05) is 18.2 Å². The van der Waals surface area contributed by atoms with E-state index in [-0.39, 0.29) is 11.3 Å². The molecule has 0 aliphatic rings. The van der Waals surface area contributed by atoms with E-state index in [2.05, 4.69) is 37.6 Å². The van der Waals surface area contributed by atoms with Crippen LogP contribution in [0.3, 0.4) is 0 Å². The molecule has 0 saturated carbocycles. The number of benzene rings is 2. The molecular weight excluding hydrogens is 424 g/mol. The van der Waals surface area contributed by atoms with Crippen LogP contribution < -0.4 is 11.2 Å². The Hall–Kier alpha value is -3.39. The van der Waals surface area contributed by atoms with Gasteiger partial charge in [0.1, 0.15) is 11.3 Å². The number of H-pyrrole nitrogens is 2. The van der Waals surface area contributed by atoms with Crippen LogP contribution in [0.1, 0.15) is 11.1 Å². The van der Waals surface area contributed by atoms with Crippen molar-refractivity contribution in [1.29, 1.82) is 0 Å². The number of aromatic nitrogens is 3. The maximum absolute atomic E-state index is 12.8. The average Bonchev–Trinajstić information content (AvgIpc) is 3.02. The first kappa shape index (κ1) is 18.0. The summed E-state index contributed by atoms with van der Waals surface area (Å²) in [4.78, 5) is 31.0. The highest BCUT2D eigenvalue weighted by molar-refractivity contribution is 9.10. The van der Waals surface area contributed by atoms with Gasteiger partial charge in [-0.25, -0.2) is 4.79 Å². The second-order valence-corrected chi connectivity index (χ2v) is 7.12. The SMILES string of the molecule is C=CCc1cccc(/C=N\n2c(=O)[nH]c3c([nH]c4ccc(Br)cc43)c2=O)c1O. The maximum Gasteiger partial charge on any atom is 0.350 e. The molecular formula is C20H15BrN4O3. The van der Waals surface area contributed by atoms with Crippen molar-refractivity contribution in [3.05, 3.63) is 85.5 Å². The largest absolute Gasteiger partial charge is 0.507 e. The molecule has 0 bridgehead atoms. The van der Waals surface area contributed by atoms with Crippen LogP contribution in [0, 0.1) is 0 Å². The summed E-state index contributed by atoms with van der Waals surface area (Å²) in [5.41, 5.74) is 1.22. The smallest absolute Gasteiger partial charge is 0.350 e. The number of hydrogen-bond donors (Lipinski definition) is 3. The lowest BCUT2D eigenvalue weighted by atomic mass is 10.1. The number of aromatic amines is 2. The summed E-state index contributed by atoms with van der Waals surface area (Å²) >= 11 is 3.39. The van der Waals surface area contributed by atoms with E-state index >= 15 is 0 Å². The zero-order chi connectivity index (χ0) is 19.8. The number of aromatic hydroxyl groups is 1. The molecule has 0 unspecified atom stereocenters. The van der Waals surface area contributed by atoms with Crippen LogP contribution in [0.15, 0.2) is 68.2 Å². The molecule has 0 radical (unpaired) electrons. The standard InChI is InChI=1S/C20H15BrN4O3/c1-2-4-11-5-3-6-12(18(11)26)10-22-25-19(27)17-16(24-20(25)28)14-9-13(21)7-8-15(14)23-17/h2-3,5-10,23,26H,1,4H2,(H,24,28)/b22-10-. The molecule has 0 aliphatic carbocycles. The number of rotatable bonds is 4. The fraction of sp³-hybridized carbons (Fsp3) is 0.0500. The molecule has 3 N–H and O–H groups in total. The van der Waals surface area contributed by atoms with Crippen LogP contribution in [0.4, 0.5) is 0 Å². The Balaban J connectivity index is 1.86. The van der Waals surface area contributed by atoms with Gasteiger partial charge < -0.3 is 15.1 Å². The number of halogens is 1. The van der Waals surface area contributed by atoms with E-state index in [9.17, 15) is 14.7 Å². The van der Waals surface area contributed by atoms with Crippen molar-refractivity contribution >= 4 is 44.1 Å². The van der Waals surface area contributed by atoms with Gasteiger partial charge in [0.2, 0.25) is 0 Å². The molecule has 0 spiro atoms.